The number of guanidine groups is 1. The number of nitrogens with zero attached hydrogens (tertiary/aromatic N) is 1. The summed E-state index contributed by atoms with van der Waals surface area (Å²) in [5.41, 5.74) is 10.6. The van der Waals surface area contributed by atoms with Crippen molar-refractivity contribution in [2.24, 2.45) is 16.5 Å². The molecule has 8 heteroatoms. The second-order valence-electron chi connectivity index (χ2n) is 6.14. The van der Waals surface area contributed by atoms with E-state index in [2.05, 4.69) is 4.99 Å². The maximum atomic E-state index is 12.1. The highest BCUT2D eigenvalue weighted by Gasteiger charge is 2.24. The predicted octanol–water partition coefficient (Wildman–Crippen LogP) is 1.24. The van der Waals surface area contributed by atoms with Crippen LogP contribution >= 0.6 is 0 Å². The third-order valence-electron chi connectivity index (χ3n) is 2.83. The predicted molar refractivity (Wildman–Crippen MR) is 89.5 cm³/mol. The zero-order valence-electron chi connectivity index (χ0n) is 14.0. The molecule has 128 valence electrons. The molecule has 0 saturated carbocycles. The van der Waals surface area contributed by atoms with Crippen LogP contribution in [-0.4, -0.2) is 32.1 Å². The summed E-state index contributed by atoms with van der Waals surface area (Å²) in [5, 5.41) is 0. The Bertz CT molecular complexity index is 743. The van der Waals surface area contributed by atoms with Gasteiger partial charge in [0.15, 0.2) is 15.8 Å². The van der Waals surface area contributed by atoms with Crippen LogP contribution in [0, 0.1) is 0 Å². The molecule has 7 nitrogen and oxygen atoms in total. The maximum Gasteiger partial charge on any atom is 0.280 e. The minimum Gasteiger partial charge on any atom is -0.487 e. The van der Waals surface area contributed by atoms with Crippen molar-refractivity contribution in [3.05, 3.63) is 23.3 Å². The van der Waals surface area contributed by atoms with Crippen molar-refractivity contribution >= 4 is 21.7 Å². The number of ether oxygens (including phenoxy) is 1. The quantitative estimate of drug-likeness (QED) is 0.627. The minimum absolute atomic E-state index is 0.0706. The van der Waals surface area contributed by atoms with E-state index < -0.39 is 21.3 Å². The van der Waals surface area contributed by atoms with Gasteiger partial charge in [0.05, 0.1) is 0 Å². The van der Waals surface area contributed by atoms with Crippen LogP contribution in [0.15, 0.2) is 22.0 Å². The van der Waals surface area contributed by atoms with E-state index in [9.17, 15) is 13.2 Å². The van der Waals surface area contributed by atoms with Crippen LogP contribution in [0.5, 0.6) is 5.75 Å². The highest BCUT2D eigenvalue weighted by Crippen LogP contribution is 2.31. The van der Waals surface area contributed by atoms with Crippen molar-refractivity contribution < 1.29 is 17.9 Å². The largest absolute Gasteiger partial charge is 0.487 e. The van der Waals surface area contributed by atoms with Gasteiger partial charge in [0.25, 0.3) is 5.91 Å². The number of sulfone groups is 1. The van der Waals surface area contributed by atoms with Crippen LogP contribution in [0.25, 0.3) is 0 Å². The average Bonchev–Trinajstić information content (AvgIpc) is 2.33. The van der Waals surface area contributed by atoms with Gasteiger partial charge < -0.3 is 16.2 Å². The van der Waals surface area contributed by atoms with Gasteiger partial charge >= 0.3 is 0 Å². The van der Waals surface area contributed by atoms with Crippen LogP contribution in [0.4, 0.5) is 0 Å². The first-order chi connectivity index (χ1) is 10.3. The Hall–Kier alpha value is -2.09. The molecule has 1 aromatic carbocycles. The number of nitrogens with two attached hydrogens (primary N) is 2. The highest BCUT2D eigenvalue weighted by atomic mass is 32.2. The molecule has 0 heterocycles. The molecule has 0 spiro atoms. The van der Waals surface area contributed by atoms with Crippen LogP contribution < -0.4 is 16.2 Å². The summed E-state index contributed by atoms with van der Waals surface area (Å²) >= 11 is 0. The van der Waals surface area contributed by atoms with E-state index in [0.717, 1.165) is 6.26 Å². The van der Waals surface area contributed by atoms with Crippen molar-refractivity contribution in [2.75, 3.05) is 6.26 Å². The lowest BCUT2D eigenvalue weighted by Gasteiger charge is -2.24. The summed E-state index contributed by atoms with van der Waals surface area (Å²) < 4.78 is 29.9. The molecule has 0 unspecified atom stereocenters. The monoisotopic (exact) mass is 341 g/mol. The molecular weight excluding hydrogens is 318 g/mol. The third kappa shape index (κ3) is 5.24. The molecule has 0 saturated heterocycles. The van der Waals surface area contributed by atoms with Gasteiger partial charge in [0.2, 0.25) is 0 Å². The number of aliphatic imine (C=N–C) groups is 1. The molecular formula is C15H23N3O4S. The number of rotatable bonds is 4. The first-order valence-electron chi connectivity index (χ1n) is 7.05. The zero-order valence-corrected chi connectivity index (χ0v) is 14.8. The maximum absolute atomic E-state index is 12.1. The minimum atomic E-state index is -3.60. The van der Waals surface area contributed by atoms with Crippen molar-refractivity contribution in [1.29, 1.82) is 0 Å². The normalized spacial score (nSPS) is 11.9. The van der Waals surface area contributed by atoms with Crippen molar-refractivity contribution in [3.8, 4) is 5.75 Å². The Labute approximate surface area is 136 Å². The molecule has 1 amide bonds. The lowest BCUT2D eigenvalue weighted by Crippen LogP contribution is -2.25. The van der Waals surface area contributed by atoms with E-state index in [1.54, 1.807) is 6.07 Å². The number of carbonyl (C=O) groups excluding carboxylic acids is 1. The molecule has 0 aromatic heterocycles. The second kappa shape index (κ2) is 6.57. The number of amides is 1. The molecule has 0 radical (unpaired) electrons. The van der Waals surface area contributed by atoms with Crippen LogP contribution in [0.3, 0.4) is 0 Å². The Morgan fingerprint density at radius 1 is 1.26 bits per heavy atom. The summed E-state index contributed by atoms with van der Waals surface area (Å²) in [4.78, 5) is 15.5. The van der Waals surface area contributed by atoms with Gasteiger partial charge in [0, 0.05) is 11.8 Å². The fourth-order valence-electron chi connectivity index (χ4n) is 1.97. The van der Waals surface area contributed by atoms with Crippen LogP contribution in [-0.2, 0) is 16.3 Å². The number of benzene rings is 1. The summed E-state index contributed by atoms with van der Waals surface area (Å²) in [6.07, 6.45) is 1.55. The highest BCUT2D eigenvalue weighted by molar-refractivity contribution is 7.90. The average molecular weight is 341 g/mol. The zero-order chi connectivity index (χ0) is 18.0. The second-order valence-corrected chi connectivity index (χ2v) is 8.12. The van der Waals surface area contributed by atoms with E-state index >= 15 is 0 Å². The molecule has 1 aromatic rings. The van der Waals surface area contributed by atoms with Gasteiger partial charge in [-0.2, -0.15) is 4.99 Å². The summed E-state index contributed by atoms with van der Waals surface area (Å²) in [6, 6.07) is 2.82. The fraction of sp³-hybridized carbons (Fsp3) is 0.467. The van der Waals surface area contributed by atoms with Gasteiger partial charge in [-0.05, 0) is 44.9 Å². The summed E-state index contributed by atoms with van der Waals surface area (Å²) in [5.74, 6) is -0.861. The molecule has 0 aliphatic rings. The molecule has 23 heavy (non-hydrogen) atoms. The first-order valence-corrected chi connectivity index (χ1v) is 8.94. The van der Waals surface area contributed by atoms with Gasteiger partial charge in [-0.15, -0.1) is 0 Å². The van der Waals surface area contributed by atoms with Gasteiger partial charge in [-0.3, -0.25) is 4.79 Å². The Morgan fingerprint density at radius 3 is 2.22 bits per heavy atom. The van der Waals surface area contributed by atoms with Gasteiger partial charge in [-0.1, -0.05) is 6.92 Å². The number of aryl methyl sites for hydroxylation is 1. The van der Waals surface area contributed by atoms with Crippen LogP contribution in [0.2, 0.25) is 0 Å². The van der Waals surface area contributed by atoms with Crippen LogP contribution in [0.1, 0.15) is 43.6 Å². The van der Waals surface area contributed by atoms with Crippen molar-refractivity contribution in [1.82, 2.24) is 0 Å². The number of hydrogen-bond donors (Lipinski definition) is 2. The third-order valence-corrected chi connectivity index (χ3v) is 3.95. The molecule has 0 fully saturated rings. The molecule has 0 atom stereocenters. The molecule has 4 N–H and O–H groups in total. The van der Waals surface area contributed by atoms with E-state index in [1.807, 2.05) is 27.7 Å². The summed E-state index contributed by atoms with van der Waals surface area (Å²) in [7, 11) is -3.60. The first kappa shape index (κ1) is 19.0. The van der Waals surface area contributed by atoms with Crippen molar-refractivity contribution in [3.63, 3.8) is 0 Å². The molecule has 0 aliphatic heterocycles. The van der Waals surface area contributed by atoms with Gasteiger partial charge in [0.1, 0.15) is 16.2 Å². The van der Waals surface area contributed by atoms with E-state index in [0.29, 0.717) is 12.0 Å². The standard InChI is InChI=1S/C15H23N3O4S/c1-6-9-7-11(22-15(2,3)4)12(23(5,20)21)8-10(9)13(19)18-14(16)17/h7-8H,6H2,1-5H3,(H4,16,17,18,19). The Kier molecular flexibility index (Phi) is 5.42. The lowest BCUT2D eigenvalue weighted by atomic mass is 10.0. The number of carbonyl (C=O) groups is 1. The van der Waals surface area contributed by atoms with E-state index in [-0.39, 0.29) is 22.2 Å². The number of hydrogen-bond acceptors (Lipinski definition) is 4. The van der Waals surface area contributed by atoms with Gasteiger partial charge in [-0.25, -0.2) is 8.42 Å². The molecule has 0 bridgehead atoms. The Morgan fingerprint density at radius 2 is 1.83 bits per heavy atom. The van der Waals surface area contributed by atoms with E-state index in [1.165, 1.54) is 6.07 Å². The van der Waals surface area contributed by atoms with Crippen molar-refractivity contribution in [2.45, 2.75) is 44.6 Å². The Balaban J connectivity index is 3.64. The SMILES string of the molecule is CCc1cc(OC(C)(C)C)c(S(C)(=O)=O)cc1C(=O)N=C(N)N. The topological polar surface area (TPSA) is 125 Å². The summed E-state index contributed by atoms with van der Waals surface area (Å²) in [6.45, 7) is 7.26. The lowest BCUT2D eigenvalue weighted by molar-refractivity contribution is 0.100. The molecule has 1 rings (SSSR count). The smallest absolute Gasteiger partial charge is 0.280 e. The van der Waals surface area contributed by atoms with E-state index in [4.69, 9.17) is 16.2 Å². The fourth-order valence-corrected chi connectivity index (χ4v) is 2.77. The molecule has 0 aliphatic carbocycles.